The minimum Gasteiger partial charge on any atom is -0.477 e. The molecule has 0 saturated carbocycles. The molecule has 0 aliphatic heterocycles. The number of hydrogen-bond acceptors (Lipinski definition) is 4. The van der Waals surface area contributed by atoms with Crippen LogP contribution in [0.15, 0.2) is 11.4 Å². The Morgan fingerprint density at radius 3 is 3.07 bits per heavy atom. The highest BCUT2D eigenvalue weighted by molar-refractivity contribution is 7.99. The van der Waals surface area contributed by atoms with Gasteiger partial charge in [-0.2, -0.15) is 11.8 Å². The van der Waals surface area contributed by atoms with Crippen LogP contribution in [-0.4, -0.2) is 29.1 Å². The molecule has 0 fully saturated rings. The van der Waals surface area contributed by atoms with Crippen LogP contribution in [0.1, 0.15) is 22.2 Å². The molecule has 0 spiro atoms. The summed E-state index contributed by atoms with van der Waals surface area (Å²) in [5.41, 5.74) is 0.876. The Balaban J connectivity index is 2.44. The lowest BCUT2D eigenvalue weighted by Crippen LogP contribution is -2.22. The summed E-state index contributed by atoms with van der Waals surface area (Å²) >= 11 is 3.07. The molecule has 0 aromatic carbocycles. The fourth-order valence-corrected chi connectivity index (χ4v) is 2.20. The molecule has 1 aromatic rings. The SMILES string of the molecule is CSC(C)CNCc1ccsc1C(=O)O. The minimum absolute atomic E-state index is 0.444. The third-order valence-electron chi connectivity index (χ3n) is 2.09. The van der Waals surface area contributed by atoms with Crippen molar-refractivity contribution in [1.82, 2.24) is 5.32 Å². The molecule has 0 aliphatic carbocycles. The molecule has 3 nitrogen and oxygen atoms in total. The van der Waals surface area contributed by atoms with Gasteiger partial charge in [-0.05, 0) is 23.3 Å². The van der Waals surface area contributed by atoms with Crippen LogP contribution in [0.4, 0.5) is 0 Å². The van der Waals surface area contributed by atoms with Gasteiger partial charge in [-0.15, -0.1) is 11.3 Å². The summed E-state index contributed by atoms with van der Waals surface area (Å²) in [6, 6.07) is 1.87. The summed E-state index contributed by atoms with van der Waals surface area (Å²) in [5.74, 6) is -0.834. The lowest BCUT2D eigenvalue weighted by molar-refractivity contribution is 0.0701. The Hall–Kier alpha value is -0.520. The zero-order valence-electron chi connectivity index (χ0n) is 8.82. The van der Waals surface area contributed by atoms with Gasteiger partial charge in [0, 0.05) is 18.3 Å². The Labute approximate surface area is 97.9 Å². The number of nitrogens with one attached hydrogen (secondary N) is 1. The minimum atomic E-state index is -0.834. The number of thiophene rings is 1. The molecule has 0 aliphatic rings. The lowest BCUT2D eigenvalue weighted by Gasteiger charge is -2.09. The second kappa shape index (κ2) is 6.15. The molecule has 0 amide bonds. The summed E-state index contributed by atoms with van der Waals surface area (Å²) in [4.78, 5) is 11.3. The molecule has 1 aromatic heterocycles. The largest absolute Gasteiger partial charge is 0.477 e. The molecular weight excluding hydrogens is 230 g/mol. The summed E-state index contributed by atoms with van der Waals surface area (Å²) in [7, 11) is 0. The van der Waals surface area contributed by atoms with Crippen LogP contribution in [0.5, 0.6) is 0 Å². The number of rotatable bonds is 6. The van der Waals surface area contributed by atoms with E-state index in [-0.39, 0.29) is 0 Å². The summed E-state index contributed by atoms with van der Waals surface area (Å²) in [5, 5.41) is 14.5. The van der Waals surface area contributed by atoms with Crippen LogP contribution in [0.3, 0.4) is 0 Å². The monoisotopic (exact) mass is 245 g/mol. The van der Waals surface area contributed by atoms with Gasteiger partial charge in [0.05, 0.1) is 0 Å². The normalized spacial score (nSPS) is 12.7. The second-order valence-electron chi connectivity index (χ2n) is 3.26. The molecule has 0 bridgehead atoms. The average Bonchev–Trinajstić information content (AvgIpc) is 2.65. The van der Waals surface area contributed by atoms with Crippen molar-refractivity contribution in [2.24, 2.45) is 0 Å². The van der Waals surface area contributed by atoms with E-state index in [1.165, 1.54) is 11.3 Å². The van der Waals surface area contributed by atoms with E-state index in [9.17, 15) is 4.79 Å². The molecule has 15 heavy (non-hydrogen) atoms. The molecular formula is C10H15NO2S2. The number of carbonyl (C=O) groups is 1. The van der Waals surface area contributed by atoms with Crippen LogP contribution in [0, 0.1) is 0 Å². The molecule has 0 radical (unpaired) electrons. The van der Waals surface area contributed by atoms with Crippen LogP contribution < -0.4 is 5.32 Å². The van der Waals surface area contributed by atoms with Gasteiger partial charge in [0.25, 0.3) is 0 Å². The molecule has 1 atom stereocenters. The van der Waals surface area contributed by atoms with E-state index >= 15 is 0 Å². The molecule has 1 rings (SSSR count). The van der Waals surface area contributed by atoms with E-state index < -0.39 is 5.97 Å². The van der Waals surface area contributed by atoms with Crippen molar-refractivity contribution in [3.63, 3.8) is 0 Å². The Kier molecular flexibility index (Phi) is 5.14. The molecule has 0 saturated heterocycles. The molecule has 5 heteroatoms. The maximum atomic E-state index is 10.8. The summed E-state index contributed by atoms with van der Waals surface area (Å²) in [6.07, 6.45) is 2.07. The summed E-state index contributed by atoms with van der Waals surface area (Å²) in [6.45, 7) is 3.68. The average molecular weight is 245 g/mol. The molecule has 2 N–H and O–H groups in total. The fourth-order valence-electron chi connectivity index (χ4n) is 1.16. The van der Waals surface area contributed by atoms with E-state index in [0.717, 1.165) is 12.1 Å². The number of aromatic carboxylic acids is 1. The first kappa shape index (κ1) is 12.5. The van der Waals surface area contributed by atoms with Gasteiger partial charge in [-0.25, -0.2) is 4.79 Å². The van der Waals surface area contributed by atoms with E-state index in [2.05, 4.69) is 18.5 Å². The van der Waals surface area contributed by atoms with Crippen LogP contribution in [0.25, 0.3) is 0 Å². The third kappa shape index (κ3) is 3.85. The van der Waals surface area contributed by atoms with Gasteiger partial charge >= 0.3 is 5.97 Å². The predicted octanol–water partition coefficient (Wildman–Crippen LogP) is 2.29. The number of carboxylic acids is 1. The van der Waals surface area contributed by atoms with Crippen molar-refractivity contribution in [2.75, 3.05) is 12.8 Å². The number of thioether (sulfide) groups is 1. The van der Waals surface area contributed by atoms with Crippen molar-refractivity contribution in [3.05, 3.63) is 21.9 Å². The van der Waals surface area contributed by atoms with Crippen molar-refractivity contribution in [2.45, 2.75) is 18.7 Å². The van der Waals surface area contributed by atoms with Gasteiger partial charge < -0.3 is 10.4 Å². The second-order valence-corrected chi connectivity index (χ2v) is 5.45. The maximum absolute atomic E-state index is 10.8. The lowest BCUT2D eigenvalue weighted by atomic mass is 10.2. The third-order valence-corrected chi connectivity index (χ3v) is 4.01. The first-order chi connectivity index (χ1) is 7.15. The first-order valence-corrected chi connectivity index (χ1v) is 6.85. The maximum Gasteiger partial charge on any atom is 0.346 e. The van der Waals surface area contributed by atoms with Gasteiger partial charge in [0.15, 0.2) is 0 Å². The zero-order valence-corrected chi connectivity index (χ0v) is 10.5. The van der Waals surface area contributed by atoms with Crippen molar-refractivity contribution >= 4 is 29.1 Å². The van der Waals surface area contributed by atoms with Crippen LogP contribution in [-0.2, 0) is 6.54 Å². The van der Waals surface area contributed by atoms with Crippen LogP contribution in [0.2, 0.25) is 0 Å². The Bertz CT molecular complexity index is 325. The van der Waals surface area contributed by atoms with Gasteiger partial charge in [-0.1, -0.05) is 6.92 Å². The van der Waals surface area contributed by atoms with E-state index in [4.69, 9.17) is 5.11 Å². The van der Waals surface area contributed by atoms with Crippen molar-refractivity contribution in [1.29, 1.82) is 0 Å². The highest BCUT2D eigenvalue weighted by Crippen LogP contribution is 2.16. The molecule has 84 valence electrons. The number of carboxylic acid groups (broad SMARTS) is 1. The van der Waals surface area contributed by atoms with Gasteiger partial charge in [0.2, 0.25) is 0 Å². The van der Waals surface area contributed by atoms with Crippen LogP contribution >= 0.6 is 23.1 Å². The standard InChI is InChI=1S/C10H15NO2S2/c1-7(14-2)5-11-6-8-3-4-15-9(8)10(12)13/h3-4,7,11H,5-6H2,1-2H3,(H,12,13). The van der Waals surface area contributed by atoms with E-state index in [0.29, 0.717) is 16.7 Å². The molecule has 1 heterocycles. The van der Waals surface area contributed by atoms with Gasteiger partial charge in [-0.3, -0.25) is 0 Å². The zero-order chi connectivity index (χ0) is 11.3. The Morgan fingerprint density at radius 1 is 1.73 bits per heavy atom. The predicted molar refractivity (Wildman–Crippen MR) is 66.0 cm³/mol. The molecule has 1 unspecified atom stereocenters. The smallest absolute Gasteiger partial charge is 0.346 e. The highest BCUT2D eigenvalue weighted by Gasteiger charge is 2.10. The topological polar surface area (TPSA) is 49.3 Å². The fraction of sp³-hybridized carbons (Fsp3) is 0.500. The Morgan fingerprint density at radius 2 is 2.47 bits per heavy atom. The highest BCUT2D eigenvalue weighted by atomic mass is 32.2. The summed E-state index contributed by atoms with van der Waals surface area (Å²) < 4.78 is 0. The van der Waals surface area contributed by atoms with E-state index in [1.54, 1.807) is 11.8 Å². The van der Waals surface area contributed by atoms with E-state index in [1.807, 2.05) is 11.4 Å². The van der Waals surface area contributed by atoms with Crippen molar-refractivity contribution in [3.8, 4) is 0 Å². The quantitative estimate of drug-likeness (QED) is 0.807. The first-order valence-electron chi connectivity index (χ1n) is 4.68. The number of hydrogen-bond donors (Lipinski definition) is 2. The van der Waals surface area contributed by atoms with Crippen molar-refractivity contribution < 1.29 is 9.90 Å². The van der Waals surface area contributed by atoms with Gasteiger partial charge in [0.1, 0.15) is 4.88 Å².